The molecule has 0 amide bonds. The average molecular weight is 157 g/mol. The molecule has 0 saturated heterocycles. The van der Waals surface area contributed by atoms with Gasteiger partial charge >= 0.3 is 0 Å². The first kappa shape index (κ1) is 6.00. The average Bonchev–Trinajstić information content (AvgIpc) is 2.52. The number of hydrogen-bond donors (Lipinski definition) is 0. The third-order valence-electron chi connectivity index (χ3n) is 2.20. The van der Waals surface area contributed by atoms with Crippen LogP contribution in [0.2, 0.25) is 0 Å². The maximum atomic E-state index is 5.45. The van der Waals surface area contributed by atoms with Gasteiger partial charge in [-0.25, -0.2) is 0 Å². The molecule has 2 heterocycles. The Morgan fingerprint density at radius 3 is 3.25 bits per heavy atom. The number of hydrogen-bond acceptors (Lipinski definition) is 2. The number of pyridine rings is 1. The van der Waals surface area contributed by atoms with E-state index in [1.54, 1.807) is 0 Å². The molecule has 0 fully saturated rings. The predicted molar refractivity (Wildman–Crippen MR) is 46.1 cm³/mol. The zero-order valence-corrected chi connectivity index (χ0v) is 6.45. The van der Waals surface area contributed by atoms with Crippen molar-refractivity contribution in [1.82, 2.24) is 4.98 Å². The Morgan fingerprint density at radius 1 is 1.25 bits per heavy atom. The van der Waals surface area contributed by atoms with E-state index < -0.39 is 0 Å². The van der Waals surface area contributed by atoms with Gasteiger partial charge in [-0.3, -0.25) is 4.98 Å². The standard InChI is InChI=1S/C10H7NO/c1-2-7-4-5-11-8-6-12-9(3-1)10(7)8/h1-5H,6H2. The lowest BCUT2D eigenvalue weighted by Crippen LogP contribution is -1.87. The molecule has 0 aliphatic carbocycles. The molecule has 0 unspecified atom stereocenters. The van der Waals surface area contributed by atoms with Gasteiger partial charge in [0.2, 0.25) is 0 Å². The van der Waals surface area contributed by atoms with Gasteiger partial charge in [0.15, 0.2) is 0 Å². The van der Waals surface area contributed by atoms with E-state index in [0.717, 1.165) is 11.4 Å². The summed E-state index contributed by atoms with van der Waals surface area (Å²) in [5, 5.41) is 2.40. The van der Waals surface area contributed by atoms with Crippen LogP contribution < -0.4 is 4.74 Å². The fourth-order valence-corrected chi connectivity index (χ4v) is 1.64. The molecule has 2 nitrogen and oxygen atoms in total. The summed E-state index contributed by atoms with van der Waals surface area (Å²) in [4.78, 5) is 4.25. The SMILES string of the molecule is c1cc2c3c(nccc3c1)CO2. The van der Waals surface area contributed by atoms with E-state index in [2.05, 4.69) is 11.1 Å². The van der Waals surface area contributed by atoms with Crippen LogP contribution in [0, 0.1) is 0 Å². The highest BCUT2D eigenvalue weighted by Crippen LogP contribution is 2.33. The summed E-state index contributed by atoms with van der Waals surface area (Å²) in [7, 11) is 0. The Morgan fingerprint density at radius 2 is 2.25 bits per heavy atom. The number of aromatic nitrogens is 1. The summed E-state index contributed by atoms with van der Waals surface area (Å²) in [6, 6.07) is 8.09. The van der Waals surface area contributed by atoms with E-state index in [0.29, 0.717) is 6.61 Å². The van der Waals surface area contributed by atoms with Crippen molar-refractivity contribution in [2.45, 2.75) is 6.61 Å². The molecule has 0 N–H and O–H groups in total. The molecule has 1 aromatic heterocycles. The first-order chi connectivity index (χ1) is 5.95. The Labute approximate surface area is 69.8 Å². The monoisotopic (exact) mass is 157 g/mol. The summed E-state index contributed by atoms with van der Waals surface area (Å²) < 4.78 is 5.45. The van der Waals surface area contributed by atoms with E-state index >= 15 is 0 Å². The van der Waals surface area contributed by atoms with Crippen LogP contribution in [0.1, 0.15) is 5.69 Å². The normalized spacial score (nSPS) is 13.3. The van der Waals surface area contributed by atoms with Gasteiger partial charge in [0.25, 0.3) is 0 Å². The minimum absolute atomic E-state index is 0.622. The van der Waals surface area contributed by atoms with E-state index in [-0.39, 0.29) is 0 Å². The fourth-order valence-electron chi connectivity index (χ4n) is 1.64. The number of nitrogens with zero attached hydrogens (tertiary/aromatic N) is 1. The number of benzene rings is 1. The van der Waals surface area contributed by atoms with Gasteiger partial charge in [0, 0.05) is 11.6 Å². The van der Waals surface area contributed by atoms with Crippen molar-refractivity contribution in [3.05, 3.63) is 36.2 Å². The fraction of sp³-hybridized carbons (Fsp3) is 0.100. The van der Waals surface area contributed by atoms with Crippen LogP contribution in [0.25, 0.3) is 10.8 Å². The largest absolute Gasteiger partial charge is 0.487 e. The van der Waals surface area contributed by atoms with Crippen LogP contribution >= 0.6 is 0 Å². The van der Waals surface area contributed by atoms with Crippen molar-refractivity contribution in [2.75, 3.05) is 0 Å². The first-order valence-corrected chi connectivity index (χ1v) is 3.94. The lowest BCUT2D eigenvalue weighted by molar-refractivity contribution is 0.323. The summed E-state index contributed by atoms with van der Waals surface area (Å²) in [6.45, 7) is 0.622. The van der Waals surface area contributed by atoms with Gasteiger partial charge in [0.1, 0.15) is 12.4 Å². The number of rotatable bonds is 0. The maximum absolute atomic E-state index is 5.45. The van der Waals surface area contributed by atoms with Crippen LogP contribution in [0.5, 0.6) is 5.75 Å². The zero-order valence-electron chi connectivity index (χ0n) is 6.45. The molecule has 2 aromatic rings. The Hall–Kier alpha value is -1.57. The smallest absolute Gasteiger partial charge is 0.131 e. The second-order valence-electron chi connectivity index (χ2n) is 2.90. The molecule has 0 atom stereocenters. The van der Waals surface area contributed by atoms with Crippen LogP contribution in [-0.2, 0) is 6.61 Å². The Kier molecular flexibility index (Phi) is 0.987. The topological polar surface area (TPSA) is 22.1 Å². The van der Waals surface area contributed by atoms with Crippen molar-refractivity contribution in [1.29, 1.82) is 0 Å². The molecule has 0 saturated carbocycles. The van der Waals surface area contributed by atoms with Crippen molar-refractivity contribution in [3.8, 4) is 5.75 Å². The van der Waals surface area contributed by atoms with Crippen molar-refractivity contribution in [3.63, 3.8) is 0 Å². The van der Waals surface area contributed by atoms with Crippen LogP contribution in [0.4, 0.5) is 0 Å². The molecule has 3 rings (SSSR count). The minimum Gasteiger partial charge on any atom is -0.487 e. The highest BCUT2D eigenvalue weighted by atomic mass is 16.5. The molecule has 0 bridgehead atoms. The molecule has 0 radical (unpaired) electrons. The third-order valence-corrected chi connectivity index (χ3v) is 2.20. The third kappa shape index (κ3) is 0.619. The first-order valence-electron chi connectivity index (χ1n) is 3.94. The molecule has 1 aliphatic heterocycles. The minimum atomic E-state index is 0.622. The predicted octanol–water partition coefficient (Wildman–Crippen LogP) is 2.13. The Bertz CT molecular complexity index is 412. The maximum Gasteiger partial charge on any atom is 0.131 e. The van der Waals surface area contributed by atoms with Crippen LogP contribution in [-0.4, -0.2) is 4.98 Å². The molecular weight excluding hydrogens is 150 g/mol. The number of ether oxygens (including phenoxy) is 1. The zero-order chi connectivity index (χ0) is 7.97. The summed E-state index contributed by atoms with van der Waals surface area (Å²) in [5.74, 6) is 0.968. The summed E-state index contributed by atoms with van der Waals surface area (Å²) >= 11 is 0. The molecule has 12 heavy (non-hydrogen) atoms. The molecule has 1 aliphatic rings. The van der Waals surface area contributed by atoms with Gasteiger partial charge in [-0.1, -0.05) is 12.1 Å². The lowest BCUT2D eigenvalue weighted by Gasteiger charge is -1.96. The van der Waals surface area contributed by atoms with Gasteiger partial charge in [-0.2, -0.15) is 0 Å². The van der Waals surface area contributed by atoms with Crippen molar-refractivity contribution < 1.29 is 4.74 Å². The van der Waals surface area contributed by atoms with Crippen molar-refractivity contribution >= 4 is 10.8 Å². The molecule has 1 aromatic carbocycles. The Balaban J connectivity index is 2.58. The lowest BCUT2D eigenvalue weighted by atomic mass is 10.1. The molecule has 2 heteroatoms. The van der Waals surface area contributed by atoms with Crippen molar-refractivity contribution in [2.24, 2.45) is 0 Å². The highest BCUT2D eigenvalue weighted by Gasteiger charge is 2.14. The van der Waals surface area contributed by atoms with Gasteiger partial charge < -0.3 is 4.74 Å². The van der Waals surface area contributed by atoms with E-state index in [1.807, 2.05) is 24.4 Å². The second-order valence-corrected chi connectivity index (χ2v) is 2.90. The van der Waals surface area contributed by atoms with Gasteiger partial charge in [-0.05, 0) is 17.5 Å². The van der Waals surface area contributed by atoms with E-state index in [9.17, 15) is 0 Å². The highest BCUT2D eigenvalue weighted by molar-refractivity contribution is 5.91. The second kappa shape index (κ2) is 1.97. The molecular formula is C10H7NO. The van der Waals surface area contributed by atoms with E-state index in [1.165, 1.54) is 10.8 Å². The quantitative estimate of drug-likeness (QED) is 0.584. The molecule has 0 spiro atoms. The van der Waals surface area contributed by atoms with Gasteiger partial charge in [0.05, 0.1) is 5.69 Å². The molecule has 58 valence electrons. The van der Waals surface area contributed by atoms with Gasteiger partial charge in [-0.15, -0.1) is 0 Å². The van der Waals surface area contributed by atoms with Crippen LogP contribution in [0.15, 0.2) is 30.5 Å². The summed E-state index contributed by atoms with van der Waals surface area (Å²) in [6.07, 6.45) is 1.83. The summed E-state index contributed by atoms with van der Waals surface area (Å²) in [5.41, 5.74) is 1.06. The van der Waals surface area contributed by atoms with Crippen LogP contribution in [0.3, 0.4) is 0 Å². The van der Waals surface area contributed by atoms with E-state index in [4.69, 9.17) is 4.74 Å².